The van der Waals surface area contributed by atoms with Gasteiger partial charge < -0.3 is 0 Å². The Kier molecular flexibility index (Phi) is 4.59. The smallest absolute Gasteiger partial charge is 0.241 e. The van der Waals surface area contributed by atoms with E-state index in [0.29, 0.717) is 0 Å². The number of hydrogen-bond donors (Lipinski definition) is 1. The quantitative estimate of drug-likeness (QED) is 0.880. The summed E-state index contributed by atoms with van der Waals surface area (Å²) >= 11 is 0. The molecule has 0 aliphatic rings. The van der Waals surface area contributed by atoms with Crippen LogP contribution in [0.4, 0.5) is 4.39 Å². The van der Waals surface area contributed by atoms with Gasteiger partial charge in [0.2, 0.25) is 5.03 Å². The molecule has 96 valence electrons. The number of aromatic nitrogens is 1. The summed E-state index contributed by atoms with van der Waals surface area (Å²) in [6.07, 6.45) is 2.10. The van der Waals surface area contributed by atoms with Crippen LogP contribution in [0.25, 0.3) is 0 Å². The zero-order valence-corrected chi connectivity index (χ0v) is 11.0. The van der Waals surface area contributed by atoms with Gasteiger partial charge in [-0.05, 0) is 25.0 Å². The van der Waals surface area contributed by atoms with Crippen molar-refractivity contribution in [3.63, 3.8) is 0 Å². The Labute approximate surface area is 101 Å². The number of hydrogen-bond acceptors (Lipinski definition) is 3. The van der Waals surface area contributed by atoms with Crippen LogP contribution in [-0.2, 0) is 10.0 Å². The summed E-state index contributed by atoms with van der Waals surface area (Å²) in [6.45, 7) is 5.66. The molecule has 4 nitrogen and oxygen atoms in total. The second-order valence-electron chi connectivity index (χ2n) is 4.09. The third kappa shape index (κ3) is 3.47. The summed E-state index contributed by atoms with van der Waals surface area (Å²) in [5.41, 5.74) is 0. The van der Waals surface area contributed by atoms with E-state index in [1.807, 2.05) is 13.8 Å². The molecule has 1 aromatic heterocycles. The highest BCUT2D eigenvalue weighted by Crippen LogP contribution is 2.13. The minimum Gasteiger partial charge on any atom is -0.241 e. The molecule has 0 spiro atoms. The zero-order chi connectivity index (χ0) is 13.1. The monoisotopic (exact) mass is 260 g/mol. The maximum absolute atomic E-state index is 13.3. The number of sulfonamides is 1. The van der Waals surface area contributed by atoms with Crippen molar-refractivity contribution in [1.82, 2.24) is 9.71 Å². The average molecular weight is 260 g/mol. The first-order chi connectivity index (χ1) is 7.88. The predicted octanol–water partition coefficient (Wildman–Crippen LogP) is 1.93. The van der Waals surface area contributed by atoms with Crippen molar-refractivity contribution in [2.24, 2.45) is 5.92 Å². The number of rotatable bonds is 5. The van der Waals surface area contributed by atoms with E-state index in [4.69, 9.17) is 0 Å². The fraction of sp³-hybridized carbons (Fsp3) is 0.545. The topological polar surface area (TPSA) is 59.1 Å². The summed E-state index contributed by atoms with van der Waals surface area (Å²) < 4.78 is 39.5. The fourth-order valence-electron chi connectivity index (χ4n) is 1.34. The third-order valence-electron chi connectivity index (χ3n) is 2.82. The van der Waals surface area contributed by atoms with Crippen molar-refractivity contribution in [1.29, 1.82) is 0 Å². The number of pyridine rings is 1. The van der Waals surface area contributed by atoms with E-state index in [-0.39, 0.29) is 12.0 Å². The van der Waals surface area contributed by atoms with Gasteiger partial charge >= 0.3 is 0 Å². The van der Waals surface area contributed by atoms with Crippen molar-refractivity contribution >= 4 is 10.0 Å². The maximum atomic E-state index is 13.3. The zero-order valence-electron chi connectivity index (χ0n) is 10.1. The van der Waals surface area contributed by atoms with Gasteiger partial charge in [0.25, 0.3) is 10.0 Å². The van der Waals surface area contributed by atoms with E-state index in [0.717, 1.165) is 12.5 Å². The van der Waals surface area contributed by atoms with Crippen LogP contribution in [-0.4, -0.2) is 19.4 Å². The van der Waals surface area contributed by atoms with Crippen LogP contribution < -0.4 is 4.72 Å². The van der Waals surface area contributed by atoms with E-state index in [9.17, 15) is 12.8 Å². The molecular formula is C11H17FN2O2S. The first-order valence-corrected chi connectivity index (χ1v) is 6.99. The summed E-state index contributed by atoms with van der Waals surface area (Å²) in [7, 11) is -3.88. The van der Waals surface area contributed by atoms with Crippen molar-refractivity contribution in [2.75, 3.05) is 0 Å². The molecule has 1 rings (SSSR count). The number of halogens is 1. The van der Waals surface area contributed by atoms with Crippen LogP contribution in [0.2, 0.25) is 0 Å². The lowest BCUT2D eigenvalue weighted by Crippen LogP contribution is -2.37. The Morgan fingerprint density at radius 3 is 2.65 bits per heavy atom. The van der Waals surface area contributed by atoms with E-state index in [1.54, 1.807) is 6.92 Å². The van der Waals surface area contributed by atoms with Gasteiger partial charge in [0.15, 0.2) is 5.82 Å². The molecule has 0 aliphatic carbocycles. The largest absolute Gasteiger partial charge is 0.261 e. The van der Waals surface area contributed by atoms with Crippen LogP contribution in [0.15, 0.2) is 23.4 Å². The number of nitrogens with one attached hydrogen (secondary N) is 1. The lowest BCUT2D eigenvalue weighted by Gasteiger charge is -2.19. The van der Waals surface area contributed by atoms with Crippen LogP contribution >= 0.6 is 0 Å². The molecule has 6 heteroatoms. The van der Waals surface area contributed by atoms with Crippen LogP contribution in [0.5, 0.6) is 0 Å². The van der Waals surface area contributed by atoms with E-state index in [2.05, 4.69) is 9.71 Å². The molecule has 0 radical (unpaired) electrons. The highest BCUT2D eigenvalue weighted by Gasteiger charge is 2.24. The van der Waals surface area contributed by atoms with Gasteiger partial charge in [-0.25, -0.2) is 22.5 Å². The highest BCUT2D eigenvalue weighted by molar-refractivity contribution is 7.89. The third-order valence-corrected chi connectivity index (χ3v) is 4.31. The van der Waals surface area contributed by atoms with Gasteiger partial charge in [-0.1, -0.05) is 20.3 Å². The Morgan fingerprint density at radius 1 is 1.47 bits per heavy atom. The minimum absolute atomic E-state index is 0.177. The standard InChI is InChI=1S/C11H17FN2O2S/c1-4-8(2)9(3)14-17(15,16)11-10(12)6-5-7-13-11/h5-9,14H,4H2,1-3H3. The van der Waals surface area contributed by atoms with Gasteiger partial charge in [-0.15, -0.1) is 0 Å². The number of nitrogens with zero attached hydrogens (tertiary/aromatic N) is 1. The first kappa shape index (κ1) is 14.1. The molecule has 1 heterocycles. The van der Waals surface area contributed by atoms with E-state index < -0.39 is 20.9 Å². The first-order valence-electron chi connectivity index (χ1n) is 5.51. The molecule has 1 N–H and O–H groups in total. The SMILES string of the molecule is CCC(C)C(C)NS(=O)(=O)c1ncccc1F. The highest BCUT2D eigenvalue weighted by atomic mass is 32.2. The van der Waals surface area contributed by atoms with Crippen LogP contribution in [0.1, 0.15) is 27.2 Å². The molecule has 17 heavy (non-hydrogen) atoms. The second-order valence-corrected chi connectivity index (χ2v) is 5.72. The molecule has 0 saturated heterocycles. The summed E-state index contributed by atoms with van der Waals surface area (Å²) in [6, 6.07) is 2.17. The van der Waals surface area contributed by atoms with Gasteiger partial charge in [0.05, 0.1) is 0 Å². The Balaban J connectivity index is 2.94. The van der Waals surface area contributed by atoms with E-state index >= 15 is 0 Å². The second kappa shape index (κ2) is 5.55. The van der Waals surface area contributed by atoms with Crippen LogP contribution in [0.3, 0.4) is 0 Å². The molecule has 0 fully saturated rings. The summed E-state index contributed by atoms with van der Waals surface area (Å²) in [5, 5.41) is -0.546. The molecule has 0 aromatic carbocycles. The normalized spacial score (nSPS) is 15.5. The lowest BCUT2D eigenvalue weighted by atomic mass is 10.0. The van der Waals surface area contributed by atoms with Gasteiger partial charge in [-0.2, -0.15) is 0 Å². The summed E-state index contributed by atoms with van der Waals surface area (Å²) in [5.74, 6) is -0.659. The Morgan fingerprint density at radius 2 is 2.12 bits per heavy atom. The molecule has 0 amide bonds. The Bertz CT molecular complexity index is 476. The molecule has 0 aliphatic heterocycles. The Hall–Kier alpha value is -1.01. The molecule has 0 bridgehead atoms. The molecule has 2 atom stereocenters. The molecular weight excluding hydrogens is 243 g/mol. The van der Waals surface area contributed by atoms with Crippen molar-refractivity contribution in [3.05, 3.63) is 24.1 Å². The van der Waals surface area contributed by atoms with E-state index in [1.165, 1.54) is 12.3 Å². The average Bonchev–Trinajstić information content (AvgIpc) is 2.27. The minimum atomic E-state index is -3.88. The molecule has 1 aromatic rings. The molecule has 0 saturated carbocycles. The maximum Gasteiger partial charge on any atom is 0.261 e. The van der Waals surface area contributed by atoms with Crippen molar-refractivity contribution in [3.8, 4) is 0 Å². The van der Waals surface area contributed by atoms with Crippen LogP contribution in [0, 0.1) is 11.7 Å². The predicted molar refractivity (Wildman–Crippen MR) is 63.4 cm³/mol. The van der Waals surface area contributed by atoms with Gasteiger partial charge in [0.1, 0.15) is 0 Å². The van der Waals surface area contributed by atoms with Gasteiger partial charge in [0, 0.05) is 12.2 Å². The van der Waals surface area contributed by atoms with Crippen molar-refractivity contribution < 1.29 is 12.8 Å². The summed E-state index contributed by atoms with van der Waals surface area (Å²) in [4.78, 5) is 3.56. The fourth-order valence-corrected chi connectivity index (χ4v) is 2.70. The molecule has 2 unspecified atom stereocenters. The van der Waals surface area contributed by atoms with Crippen molar-refractivity contribution in [2.45, 2.75) is 38.3 Å². The van der Waals surface area contributed by atoms with Gasteiger partial charge in [-0.3, -0.25) is 0 Å². The lowest BCUT2D eigenvalue weighted by molar-refractivity contribution is 0.431.